The molecule has 4 N–H and O–H groups in total. The Kier molecular flexibility index (Phi) is 17.2. The molecule has 0 aliphatic carbocycles. The highest BCUT2D eigenvalue weighted by atomic mass is 35.5. The third-order valence-corrected chi connectivity index (χ3v) is 0.289. The fourth-order valence-electron chi connectivity index (χ4n) is 0.0833. The molecule has 48 valence electrons. The van der Waals surface area contributed by atoms with Crippen LogP contribution in [0.1, 0.15) is 9.11 Å². The third kappa shape index (κ3) is 21.1. The van der Waals surface area contributed by atoms with Gasteiger partial charge < -0.3 is 11.5 Å². The molecule has 0 spiro atoms. The minimum atomic E-state index is -1.36. The second-order valence-electron chi connectivity index (χ2n) is 0.658. The highest BCUT2D eigenvalue weighted by Crippen LogP contribution is 1.58. The van der Waals surface area contributed by atoms with Crippen molar-refractivity contribution in [3.05, 3.63) is 0 Å². The fraction of sp³-hybridized carbons (Fsp3) is 1.00. The Balaban J connectivity index is -0.000000180. The lowest BCUT2D eigenvalue weighted by atomic mass is 10.4. The lowest BCUT2D eigenvalue weighted by Crippen LogP contribution is -2.06. The molecule has 0 atom stereocenters. The molecule has 7 heavy (non-hydrogen) atoms. The first kappa shape index (κ1) is 7.50. The summed E-state index contributed by atoms with van der Waals surface area (Å²) in [6, 6.07) is 0. The maximum absolute atomic E-state index is 6.84. The van der Waals surface area contributed by atoms with Gasteiger partial charge in [-0.25, -0.2) is 0 Å². The summed E-state index contributed by atoms with van der Waals surface area (Å²) in [7, 11) is 0. The average molecular weight is 149 g/mol. The molecule has 0 unspecified atom stereocenters. The van der Waals surface area contributed by atoms with Gasteiger partial charge >= 0.3 is 0 Å². The van der Waals surface area contributed by atoms with E-state index in [1.165, 1.54) is 0 Å². The first-order valence-corrected chi connectivity index (χ1v) is 1.52. The Morgan fingerprint density at radius 2 is 1.43 bits per heavy atom. The first-order valence-electron chi connectivity index (χ1n) is 2.52. The molecular weight excluding hydrogens is 135 g/mol. The van der Waals surface area contributed by atoms with Gasteiger partial charge in [-0.15, -0.1) is 24.8 Å². The van der Waals surface area contributed by atoms with Crippen molar-refractivity contribution in [2.24, 2.45) is 11.5 Å². The maximum Gasteiger partial charge on any atom is 0.0292 e. The molecule has 0 saturated heterocycles. The summed E-state index contributed by atoms with van der Waals surface area (Å²) in [5.41, 5.74) is 9.92. The van der Waals surface area contributed by atoms with Gasteiger partial charge in [-0.1, -0.05) is 0 Å². The van der Waals surface area contributed by atoms with Crippen molar-refractivity contribution < 1.29 is 2.74 Å². The van der Waals surface area contributed by atoms with E-state index >= 15 is 0 Å². The number of hydrogen-bond donors (Lipinski definition) is 2. The van der Waals surface area contributed by atoms with Crippen molar-refractivity contribution in [1.82, 2.24) is 0 Å². The van der Waals surface area contributed by atoms with Crippen molar-refractivity contribution in [2.75, 3.05) is 13.1 Å². The third-order valence-electron chi connectivity index (χ3n) is 0.289. The standard InChI is InChI=1S/C3H10N2.2ClH/c4-2-1-3-5;;/h1-5H2;2*1H/i1D2;;. The molecule has 0 rings (SSSR count). The van der Waals surface area contributed by atoms with Crippen molar-refractivity contribution in [3.63, 3.8) is 0 Å². The number of nitrogens with two attached hydrogens (primary N) is 2. The van der Waals surface area contributed by atoms with E-state index < -0.39 is 6.37 Å². The smallest absolute Gasteiger partial charge is 0.0292 e. The highest BCUT2D eigenvalue weighted by Gasteiger charge is 1.67. The lowest BCUT2D eigenvalue weighted by Gasteiger charge is -1.81. The fourth-order valence-corrected chi connectivity index (χ4v) is 0.0833. The lowest BCUT2D eigenvalue weighted by molar-refractivity contribution is 0.844. The average Bonchev–Trinajstić information content (AvgIpc) is 1.68. The van der Waals surface area contributed by atoms with Crippen LogP contribution in [0.5, 0.6) is 0 Å². The summed E-state index contributed by atoms with van der Waals surface area (Å²) >= 11 is 0. The van der Waals surface area contributed by atoms with Crippen LogP contribution in [0.15, 0.2) is 0 Å². The molecule has 0 saturated carbocycles. The van der Waals surface area contributed by atoms with Crippen LogP contribution in [-0.4, -0.2) is 13.1 Å². The van der Waals surface area contributed by atoms with Gasteiger partial charge in [0.05, 0.1) is 0 Å². The predicted octanol–water partition coefficient (Wildman–Crippen LogP) is 0.138. The molecule has 2 nitrogen and oxygen atoms in total. The summed E-state index contributed by atoms with van der Waals surface area (Å²) in [5, 5.41) is 0. The minimum absolute atomic E-state index is 0. The van der Waals surface area contributed by atoms with E-state index in [2.05, 4.69) is 0 Å². The van der Waals surface area contributed by atoms with Crippen LogP contribution in [0.25, 0.3) is 0 Å². The zero-order chi connectivity index (χ0) is 5.91. The molecule has 0 radical (unpaired) electrons. The molecule has 0 aliphatic rings. The highest BCUT2D eigenvalue weighted by molar-refractivity contribution is 5.85. The molecule has 0 amide bonds. The van der Waals surface area contributed by atoms with Crippen LogP contribution in [0.4, 0.5) is 0 Å². The van der Waals surface area contributed by atoms with Crippen LogP contribution in [-0.2, 0) is 0 Å². The monoisotopic (exact) mass is 148 g/mol. The largest absolute Gasteiger partial charge is 0.330 e. The predicted molar refractivity (Wildman–Crippen MR) is 37.2 cm³/mol. The van der Waals surface area contributed by atoms with Gasteiger partial charge in [0.25, 0.3) is 0 Å². The van der Waals surface area contributed by atoms with Crippen molar-refractivity contribution in [2.45, 2.75) is 6.37 Å². The van der Waals surface area contributed by atoms with Gasteiger partial charge in [0, 0.05) is 2.74 Å². The van der Waals surface area contributed by atoms with Crippen LogP contribution in [0, 0.1) is 0 Å². The van der Waals surface area contributed by atoms with Crippen LogP contribution in [0.3, 0.4) is 0 Å². The molecule has 0 aromatic rings. The zero-order valence-electron chi connectivity index (χ0n) is 5.89. The Morgan fingerprint density at radius 1 is 1.14 bits per heavy atom. The van der Waals surface area contributed by atoms with Gasteiger partial charge in [0.2, 0.25) is 0 Å². The molecule has 0 bridgehead atoms. The summed E-state index contributed by atoms with van der Waals surface area (Å²) in [6.45, 7) is 0.00694. The Labute approximate surface area is 59.3 Å². The van der Waals surface area contributed by atoms with E-state index in [9.17, 15) is 0 Å². The zero-order valence-corrected chi connectivity index (χ0v) is 5.52. The van der Waals surface area contributed by atoms with E-state index in [0.29, 0.717) is 0 Å². The molecule has 0 aromatic carbocycles. The summed E-state index contributed by atoms with van der Waals surface area (Å²) in [6.07, 6.45) is -1.36. The molecule has 0 aliphatic heterocycles. The van der Waals surface area contributed by atoms with Gasteiger partial charge in [-0.3, -0.25) is 0 Å². The van der Waals surface area contributed by atoms with Gasteiger partial charge in [-0.2, -0.15) is 0 Å². The number of hydrogen-bond acceptors (Lipinski definition) is 2. The summed E-state index contributed by atoms with van der Waals surface area (Å²) < 4.78 is 13.7. The van der Waals surface area contributed by atoms with E-state index in [1.807, 2.05) is 0 Å². The van der Waals surface area contributed by atoms with Crippen LogP contribution in [0.2, 0.25) is 0 Å². The van der Waals surface area contributed by atoms with Crippen molar-refractivity contribution in [3.8, 4) is 0 Å². The second-order valence-corrected chi connectivity index (χ2v) is 0.658. The second kappa shape index (κ2) is 16.1. The number of halogens is 2. The van der Waals surface area contributed by atoms with Crippen molar-refractivity contribution >= 4 is 24.8 Å². The van der Waals surface area contributed by atoms with Crippen LogP contribution >= 0.6 is 24.8 Å². The van der Waals surface area contributed by atoms with Crippen molar-refractivity contribution in [1.29, 1.82) is 0 Å². The van der Waals surface area contributed by atoms with E-state index in [4.69, 9.17) is 14.2 Å². The van der Waals surface area contributed by atoms with E-state index in [1.54, 1.807) is 0 Å². The topological polar surface area (TPSA) is 52.0 Å². The van der Waals surface area contributed by atoms with Gasteiger partial charge in [0.1, 0.15) is 0 Å². The van der Waals surface area contributed by atoms with Gasteiger partial charge in [-0.05, 0) is 19.5 Å². The summed E-state index contributed by atoms with van der Waals surface area (Å²) in [5.74, 6) is 0. The molecule has 0 aromatic heterocycles. The van der Waals surface area contributed by atoms with Gasteiger partial charge in [0.15, 0.2) is 0 Å². The Morgan fingerprint density at radius 3 is 1.43 bits per heavy atom. The number of rotatable bonds is 2. The molecular formula is C3H12Cl2N2. The van der Waals surface area contributed by atoms with E-state index in [-0.39, 0.29) is 37.9 Å². The van der Waals surface area contributed by atoms with E-state index in [0.717, 1.165) is 0 Å². The molecule has 0 fully saturated rings. The molecule has 4 heteroatoms. The van der Waals surface area contributed by atoms with Crippen LogP contribution < -0.4 is 11.5 Å². The Bertz CT molecular complexity index is 55.8. The summed E-state index contributed by atoms with van der Waals surface area (Å²) in [4.78, 5) is 0. The minimum Gasteiger partial charge on any atom is -0.330 e. The normalized spacial score (nSPS) is 12.3. The SMILES string of the molecule is Cl.Cl.[2H]C([2H])(CN)CN. The maximum atomic E-state index is 6.84. The first-order chi connectivity index (χ1) is 3.12. The Hall–Kier alpha value is 0.500. The quantitative estimate of drug-likeness (QED) is 0.586. The molecule has 0 heterocycles.